The molecule has 146 valence electrons. The fourth-order valence-corrected chi connectivity index (χ4v) is 5.89. The largest absolute Gasteiger partial charge is 0.489 e. The number of thiazole rings is 1. The van der Waals surface area contributed by atoms with Crippen LogP contribution in [0.1, 0.15) is 5.01 Å². The summed E-state index contributed by atoms with van der Waals surface area (Å²) in [6.07, 6.45) is 3.43. The third kappa shape index (κ3) is 3.14. The molecule has 0 atom stereocenters. The molecule has 0 aliphatic carbocycles. The van der Waals surface area contributed by atoms with E-state index in [1.54, 1.807) is 30.6 Å². The van der Waals surface area contributed by atoms with Crippen LogP contribution in [-0.2, 0) is 10.0 Å². The van der Waals surface area contributed by atoms with Crippen molar-refractivity contribution in [1.29, 1.82) is 0 Å². The highest BCUT2D eigenvalue weighted by Gasteiger charge is 2.30. The van der Waals surface area contributed by atoms with Crippen LogP contribution in [0.4, 0.5) is 5.69 Å². The van der Waals surface area contributed by atoms with Gasteiger partial charge in [0.25, 0.3) is 10.0 Å². The van der Waals surface area contributed by atoms with E-state index in [-0.39, 0.29) is 11.4 Å². The molecule has 8 heteroatoms. The third-order valence-electron chi connectivity index (χ3n) is 4.85. The molecule has 0 bridgehead atoms. The van der Waals surface area contributed by atoms with Gasteiger partial charge in [-0.3, -0.25) is 9.29 Å². The second-order valence-corrected chi connectivity index (χ2v) is 9.80. The van der Waals surface area contributed by atoms with E-state index in [4.69, 9.17) is 4.74 Å². The number of fused-ring (bicyclic) bond motifs is 2. The Kier molecular flexibility index (Phi) is 4.25. The lowest BCUT2D eigenvalue weighted by Gasteiger charge is -2.31. The van der Waals surface area contributed by atoms with E-state index in [2.05, 4.69) is 9.97 Å². The Bertz CT molecular complexity index is 1320. The molecular formula is C21H17N3O3S2. The van der Waals surface area contributed by atoms with Crippen LogP contribution in [0.25, 0.3) is 21.3 Å². The van der Waals surface area contributed by atoms with Gasteiger partial charge in [0.15, 0.2) is 0 Å². The van der Waals surface area contributed by atoms with Gasteiger partial charge in [0.05, 0.1) is 32.4 Å². The zero-order valence-electron chi connectivity index (χ0n) is 15.6. The lowest BCUT2D eigenvalue weighted by molar-refractivity contribution is 0.316. The minimum atomic E-state index is -3.74. The highest BCUT2D eigenvalue weighted by Crippen LogP contribution is 2.39. The summed E-state index contributed by atoms with van der Waals surface area (Å²) in [6.45, 7) is 2.48. The van der Waals surface area contributed by atoms with Crippen molar-refractivity contribution in [2.24, 2.45) is 0 Å². The first kappa shape index (κ1) is 18.1. The molecule has 6 nitrogen and oxygen atoms in total. The Balaban J connectivity index is 1.61. The summed E-state index contributed by atoms with van der Waals surface area (Å²) in [5.74, 6) is 0.562. The van der Waals surface area contributed by atoms with Crippen molar-refractivity contribution in [3.8, 4) is 16.9 Å². The second-order valence-electron chi connectivity index (χ2n) is 6.71. The molecule has 0 fully saturated rings. The van der Waals surface area contributed by atoms with E-state index in [1.165, 1.54) is 15.6 Å². The van der Waals surface area contributed by atoms with Gasteiger partial charge in [0.2, 0.25) is 0 Å². The summed E-state index contributed by atoms with van der Waals surface area (Å²) in [5.41, 5.74) is 3.23. The predicted octanol–water partition coefficient (Wildman–Crippen LogP) is 4.25. The zero-order chi connectivity index (χ0) is 20.0. The quantitative estimate of drug-likeness (QED) is 0.492. The van der Waals surface area contributed by atoms with Crippen molar-refractivity contribution in [1.82, 2.24) is 9.97 Å². The summed E-state index contributed by atoms with van der Waals surface area (Å²) in [7, 11) is -3.74. The van der Waals surface area contributed by atoms with Crippen LogP contribution in [0.2, 0.25) is 0 Å². The lowest BCUT2D eigenvalue weighted by atomic mass is 10.1. The zero-order valence-corrected chi connectivity index (χ0v) is 17.2. The van der Waals surface area contributed by atoms with Crippen molar-refractivity contribution < 1.29 is 13.2 Å². The summed E-state index contributed by atoms with van der Waals surface area (Å²) >= 11 is 1.49. The maximum atomic E-state index is 13.5. The molecule has 2 aromatic carbocycles. The van der Waals surface area contributed by atoms with Gasteiger partial charge >= 0.3 is 0 Å². The molecule has 5 rings (SSSR count). The Labute approximate surface area is 172 Å². The average Bonchev–Trinajstić information content (AvgIpc) is 3.12. The van der Waals surface area contributed by atoms with Crippen LogP contribution in [0.15, 0.2) is 65.8 Å². The Hall–Kier alpha value is -2.97. The summed E-state index contributed by atoms with van der Waals surface area (Å²) in [4.78, 5) is 8.72. The molecule has 0 spiro atoms. The number of sulfonamides is 1. The molecule has 1 aliphatic rings. The number of rotatable bonds is 3. The maximum Gasteiger partial charge on any atom is 0.264 e. The molecule has 0 saturated heterocycles. The standard InChI is InChI=1S/C21H17N3O3S2/c1-14-23-18-4-3-17(13-21(18)28-14)29(25,26)24-10-11-27-20-5-2-16(12-19(20)24)15-6-8-22-9-7-15/h2-9,12-13H,10-11H2,1H3. The van der Waals surface area contributed by atoms with Gasteiger partial charge in [0, 0.05) is 12.4 Å². The predicted molar refractivity (Wildman–Crippen MR) is 114 cm³/mol. The van der Waals surface area contributed by atoms with Crippen molar-refractivity contribution in [2.45, 2.75) is 11.8 Å². The first-order valence-corrected chi connectivity index (χ1v) is 11.4. The summed E-state index contributed by atoms with van der Waals surface area (Å²) in [5, 5.41) is 0.910. The number of ether oxygens (including phenoxy) is 1. The lowest BCUT2D eigenvalue weighted by Crippen LogP contribution is -2.37. The monoisotopic (exact) mass is 423 g/mol. The van der Waals surface area contributed by atoms with Gasteiger partial charge in [-0.05, 0) is 60.5 Å². The number of hydrogen-bond acceptors (Lipinski definition) is 6. The molecule has 0 amide bonds. The van der Waals surface area contributed by atoms with E-state index in [0.29, 0.717) is 18.0 Å². The van der Waals surface area contributed by atoms with Gasteiger partial charge < -0.3 is 4.74 Å². The SMILES string of the molecule is Cc1nc2ccc(S(=O)(=O)N3CCOc4ccc(-c5ccncc5)cc43)cc2s1. The summed E-state index contributed by atoms with van der Waals surface area (Å²) in [6, 6.07) is 14.5. The Morgan fingerprint density at radius 2 is 1.86 bits per heavy atom. The van der Waals surface area contributed by atoms with Crippen molar-refractivity contribution in [3.05, 3.63) is 65.9 Å². The molecule has 0 N–H and O–H groups in total. The Morgan fingerprint density at radius 1 is 1.03 bits per heavy atom. The first-order valence-electron chi connectivity index (χ1n) is 9.09. The molecule has 0 radical (unpaired) electrons. The van der Waals surface area contributed by atoms with Gasteiger partial charge in [-0.1, -0.05) is 6.07 Å². The van der Waals surface area contributed by atoms with Crippen molar-refractivity contribution >= 4 is 37.3 Å². The number of aromatic nitrogens is 2. The number of aryl methyl sites for hydroxylation is 1. The molecule has 3 heterocycles. The fraction of sp³-hybridized carbons (Fsp3) is 0.143. The molecule has 1 aliphatic heterocycles. The fourth-order valence-electron chi connectivity index (χ4n) is 3.47. The second kappa shape index (κ2) is 6.82. The highest BCUT2D eigenvalue weighted by molar-refractivity contribution is 7.92. The Morgan fingerprint density at radius 3 is 2.69 bits per heavy atom. The van der Waals surface area contributed by atoms with Gasteiger partial charge in [-0.25, -0.2) is 13.4 Å². The minimum Gasteiger partial charge on any atom is -0.489 e. The topological polar surface area (TPSA) is 72.4 Å². The molecule has 29 heavy (non-hydrogen) atoms. The van der Waals surface area contributed by atoms with Crippen molar-refractivity contribution in [2.75, 3.05) is 17.5 Å². The highest BCUT2D eigenvalue weighted by atomic mass is 32.2. The van der Waals surface area contributed by atoms with Crippen LogP contribution < -0.4 is 9.04 Å². The van der Waals surface area contributed by atoms with Crippen molar-refractivity contribution in [3.63, 3.8) is 0 Å². The molecule has 0 saturated carbocycles. The summed E-state index contributed by atoms with van der Waals surface area (Å²) < 4.78 is 35.0. The maximum absolute atomic E-state index is 13.5. The van der Waals surface area contributed by atoms with Gasteiger partial charge in [0.1, 0.15) is 12.4 Å². The number of pyridine rings is 1. The van der Waals surface area contributed by atoms with Crippen LogP contribution in [-0.4, -0.2) is 31.5 Å². The normalized spacial score (nSPS) is 13.9. The van der Waals surface area contributed by atoms with Crippen LogP contribution in [0, 0.1) is 6.92 Å². The van der Waals surface area contributed by atoms with Crippen LogP contribution >= 0.6 is 11.3 Å². The first-order chi connectivity index (χ1) is 14.0. The number of anilines is 1. The average molecular weight is 424 g/mol. The van der Waals surface area contributed by atoms with E-state index < -0.39 is 10.0 Å². The number of benzene rings is 2. The van der Waals surface area contributed by atoms with E-state index in [9.17, 15) is 8.42 Å². The third-order valence-corrected chi connectivity index (χ3v) is 7.59. The molecule has 4 aromatic rings. The van der Waals surface area contributed by atoms with E-state index in [0.717, 1.165) is 26.4 Å². The smallest absolute Gasteiger partial charge is 0.264 e. The van der Waals surface area contributed by atoms with E-state index >= 15 is 0 Å². The minimum absolute atomic E-state index is 0.259. The number of nitrogens with zero attached hydrogens (tertiary/aromatic N) is 3. The van der Waals surface area contributed by atoms with Crippen LogP contribution in [0.5, 0.6) is 5.75 Å². The van der Waals surface area contributed by atoms with Gasteiger partial charge in [-0.2, -0.15) is 0 Å². The van der Waals surface area contributed by atoms with Gasteiger partial charge in [-0.15, -0.1) is 11.3 Å². The molecule has 0 unspecified atom stereocenters. The van der Waals surface area contributed by atoms with Crippen LogP contribution in [0.3, 0.4) is 0 Å². The van der Waals surface area contributed by atoms with E-state index in [1.807, 2.05) is 37.3 Å². The molecule has 2 aromatic heterocycles. The molecular weight excluding hydrogens is 406 g/mol. The number of hydrogen-bond donors (Lipinski definition) is 0.